The summed E-state index contributed by atoms with van der Waals surface area (Å²) in [4.78, 5) is 62.9. The first-order valence-corrected chi connectivity index (χ1v) is 10.4. The Morgan fingerprint density at radius 1 is 1.06 bits per heavy atom. The molecule has 2 heterocycles. The highest BCUT2D eigenvalue weighted by Crippen LogP contribution is 2.32. The zero-order chi connectivity index (χ0) is 23.0. The molecular weight excluding hydrogens is 434 g/mol. The summed E-state index contributed by atoms with van der Waals surface area (Å²) in [7, 11) is 0. The number of fused-ring (bicyclic) bond motifs is 1. The van der Waals surface area contributed by atoms with Gasteiger partial charge in [0.15, 0.2) is 0 Å². The molecule has 1 fully saturated rings. The molecule has 2 aromatic rings. The predicted molar refractivity (Wildman–Crippen MR) is 115 cm³/mol. The van der Waals surface area contributed by atoms with Crippen molar-refractivity contribution >= 4 is 41.1 Å². The monoisotopic (exact) mass is 453 g/mol. The van der Waals surface area contributed by atoms with Crippen LogP contribution in [0, 0.1) is 5.41 Å². The smallest absolute Gasteiger partial charge is 0.261 e. The Morgan fingerprint density at radius 2 is 1.75 bits per heavy atom. The molecule has 0 unspecified atom stereocenters. The lowest BCUT2D eigenvalue weighted by Gasteiger charge is -2.34. The average Bonchev–Trinajstić information content (AvgIpc) is 3.00. The van der Waals surface area contributed by atoms with Crippen molar-refractivity contribution < 1.29 is 24.0 Å². The fourth-order valence-corrected chi connectivity index (χ4v) is 3.95. The van der Waals surface area contributed by atoms with Gasteiger partial charge in [0.25, 0.3) is 17.7 Å². The predicted octanol–water partition coefficient (Wildman–Crippen LogP) is 2.31. The lowest BCUT2D eigenvalue weighted by atomic mass is 9.81. The summed E-state index contributed by atoms with van der Waals surface area (Å²) in [5.74, 6) is -2.12. The van der Waals surface area contributed by atoms with E-state index in [-0.39, 0.29) is 48.9 Å². The Bertz CT molecular complexity index is 1160. The van der Waals surface area contributed by atoms with Gasteiger partial charge in [-0.3, -0.25) is 34.2 Å². The lowest BCUT2D eigenvalue weighted by Crippen LogP contribution is -2.53. The molecule has 0 spiro atoms. The van der Waals surface area contributed by atoms with Crippen LogP contribution in [-0.2, 0) is 16.1 Å². The van der Waals surface area contributed by atoms with Gasteiger partial charge in [-0.25, -0.2) is 0 Å². The highest BCUT2D eigenvalue weighted by Gasteiger charge is 2.45. The summed E-state index contributed by atoms with van der Waals surface area (Å²) in [6, 6.07) is 11.2. The minimum Gasteiger partial charge on any atom is -0.348 e. The zero-order valence-electron chi connectivity index (χ0n) is 17.2. The molecule has 2 aliphatic heterocycles. The van der Waals surface area contributed by atoms with Crippen LogP contribution in [0.4, 0.5) is 0 Å². The van der Waals surface area contributed by atoms with Gasteiger partial charge in [-0.05, 0) is 55.3 Å². The van der Waals surface area contributed by atoms with Crippen molar-refractivity contribution in [2.24, 2.45) is 5.41 Å². The highest BCUT2D eigenvalue weighted by atomic mass is 35.5. The molecule has 32 heavy (non-hydrogen) atoms. The number of carbonyl (C=O) groups excluding carboxylic acids is 5. The maximum atomic E-state index is 12.9. The van der Waals surface area contributed by atoms with E-state index in [2.05, 4.69) is 10.6 Å². The van der Waals surface area contributed by atoms with Gasteiger partial charge in [0.1, 0.15) is 0 Å². The van der Waals surface area contributed by atoms with Gasteiger partial charge < -0.3 is 5.32 Å². The SMILES string of the molecule is C[C@]1(CN2C(=O)c3ccc(CNC(=O)c4ccc(Cl)cc4)cc3C2=O)CCC(=O)NC1=O. The molecule has 1 saturated heterocycles. The number of hydrogen-bond donors (Lipinski definition) is 2. The normalized spacial score (nSPS) is 20.2. The number of nitrogens with one attached hydrogen (secondary N) is 2. The Hall–Kier alpha value is -3.52. The van der Waals surface area contributed by atoms with Gasteiger partial charge in [0, 0.05) is 30.1 Å². The maximum Gasteiger partial charge on any atom is 0.261 e. The maximum absolute atomic E-state index is 12.9. The molecule has 5 amide bonds. The number of halogens is 1. The largest absolute Gasteiger partial charge is 0.348 e. The molecule has 4 rings (SSSR count). The number of rotatable bonds is 5. The molecule has 2 N–H and O–H groups in total. The third-order valence-corrected chi connectivity index (χ3v) is 6.06. The molecule has 9 heteroatoms. The number of imide groups is 2. The number of hydrogen-bond acceptors (Lipinski definition) is 5. The second-order valence-corrected chi connectivity index (χ2v) is 8.64. The van der Waals surface area contributed by atoms with E-state index in [0.717, 1.165) is 4.90 Å². The lowest BCUT2D eigenvalue weighted by molar-refractivity contribution is -0.141. The summed E-state index contributed by atoms with van der Waals surface area (Å²) in [6.07, 6.45) is 0.413. The van der Waals surface area contributed by atoms with E-state index in [1.807, 2.05) is 0 Å². The highest BCUT2D eigenvalue weighted by molar-refractivity contribution is 6.30. The number of benzene rings is 2. The Labute approximate surface area is 188 Å². The first kappa shape index (κ1) is 21.7. The summed E-state index contributed by atoms with van der Waals surface area (Å²) in [5.41, 5.74) is 0.547. The molecule has 0 radical (unpaired) electrons. The van der Waals surface area contributed by atoms with E-state index in [1.54, 1.807) is 49.4 Å². The van der Waals surface area contributed by atoms with Crippen LogP contribution in [-0.4, -0.2) is 41.0 Å². The molecule has 2 aromatic carbocycles. The number of nitrogens with zero attached hydrogens (tertiary/aromatic N) is 1. The Balaban J connectivity index is 1.47. The van der Waals surface area contributed by atoms with Crippen LogP contribution < -0.4 is 10.6 Å². The van der Waals surface area contributed by atoms with Crippen molar-refractivity contribution in [1.29, 1.82) is 0 Å². The van der Waals surface area contributed by atoms with E-state index in [4.69, 9.17) is 11.6 Å². The first-order valence-electron chi connectivity index (χ1n) is 10.1. The van der Waals surface area contributed by atoms with Crippen LogP contribution >= 0.6 is 11.6 Å². The number of amides is 5. The van der Waals surface area contributed by atoms with Gasteiger partial charge in [-0.1, -0.05) is 17.7 Å². The van der Waals surface area contributed by atoms with Crippen molar-refractivity contribution in [2.45, 2.75) is 26.3 Å². The second-order valence-electron chi connectivity index (χ2n) is 8.20. The summed E-state index contributed by atoms with van der Waals surface area (Å²) >= 11 is 5.83. The van der Waals surface area contributed by atoms with Gasteiger partial charge in [-0.2, -0.15) is 0 Å². The van der Waals surface area contributed by atoms with Crippen molar-refractivity contribution in [1.82, 2.24) is 15.5 Å². The summed E-state index contributed by atoms with van der Waals surface area (Å²) in [5, 5.41) is 5.57. The second kappa shape index (κ2) is 8.20. The molecule has 2 aliphatic rings. The third kappa shape index (κ3) is 4.01. The molecular formula is C23H20ClN3O5. The molecule has 8 nitrogen and oxygen atoms in total. The van der Waals surface area contributed by atoms with Gasteiger partial charge in [0.05, 0.1) is 16.5 Å². The Kier molecular flexibility index (Phi) is 5.56. The van der Waals surface area contributed by atoms with Gasteiger partial charge in [0.2, 0.25) is 11.8 Å². The van der Waals surface area contributed by atoms with Crippen LogP contribution in [0.15, 0.2) is 42.5 Å². The standard InChI is InChI=1S/C23H20ClN3O5/c1-23(9-8-18(28)26-22(23)32)12-27-20(30)16-7-2-13(10-17(16)21(27)31)11-25-19(29)14-3-5-15(24)6-4-14/h2-7,10H,8-9,11-12H2,1H3,(H,25,29)(H,26,28,32)/t23-/m1/s1. The molecule has 0 saturated carbocycles. The van der Waals surface area contributed by atoms with Crippen LogP contribution in [0.1, 0.15) is 56.4 Å². The number of piperidine rings is 1. The van der Waals surface area contributed by atoms with Crippen LogP contribution in [0.5, 0.6) is 0 Å². The van der Waals surface area contributed by atoms with E-state index in [9.17, 15) is 24.0 Å². The minimum atomic E-state index is -1.03. The summed E-state index contributed by atoms with van der Waals surface area (Å²) < 4.78 is 0. The molecule has 0 aliphatic carbocycles. The van der Waals surface area contributed by atoms with Gasteiger partial charge >= 0.3 is 0 Å². The quantitative estimate of drug-likeness (QED) is 0.674. The first-order chi connectivity index (χ1) is 15.2. The summed E-state index contributed by atoms with van der Waals surface area (Å²) in [6.45, 7) is 1.69. The van der Waals surface area contributed by atoms with Crippen molar-refractivity contribution in [3.63, 3.8) is 0 Å². The van der Waals surface area contributed by atoms with E-state index in [1.165, 1.54) is 0 Å². The fourth-order valence-electron chi connectivity index (χ4n) is 3.82. The van der Waals surface area contributed by atoms with Crippen LogP contribution in [0.25, 0.3) is 0 Å². The molecule has 0 bridgehead atoms. The van der Waals surface area contributed by atoms with Crippen molar-refractivity contribution in [3.8, 4) is 0 Å². The van der Waals surface area contributed by atoms with Crippen molar-refractivity contribution in [2.75, 3.05) is 6.54 Å². The van der Waals surface area contributed by atoms with Crippen molar-refractivity contribution in [3.05, 3.63) is 69.7 Å². The van der Waals surface area contributed by atoms with E-state index >= 15 is 0 Å². The van der Waals surface area contributed by atoms with Gasteiger partial charge in [-0.15, -0.1) is 0 Å². The third-order valence-electron chi connectivity index (χ3n) is 5.81. The van der Waals surface area contributed by atoms with E-state index in [0.29, 0.717) is 16.1 Å². The molecule has 0 aromatic heterocycles. The molecule has 1 atom stereocenters. The number of carbonyl (C=O) groups is 5. The van der Waals surface area contributed by atoms with Crippen LogP contribution in [0.2, 0.25) is 5.02 Å². The van der Waals surface area contributed by atoms with Crippen LogP contribution in [0.3, 0.4) is 0 Å². The Morgan fingerprint density at radius 3 is 2.44 bits per heavy atom. The average molecular weight is 454 g/mol. The zero-order valence-corrected chi connectivity index (χ0v) is 18.0. The molecule has 164 valence electrons. The fraction of sp³-hybridized carbons (Fsp3) is 0.261. The van der Waals surface area contributed by atoms with E-state index < -0.39 is 23.1 Å². The minimum absolute atomic E-state index is 0.110. The topological polar surface area (TPSA) is 113 Å².